The smallest absolute Gasteiger partial charge is 0.123 e. The Bertz CT molecular complexity index is 512. The van der Waals surface area contributed by atoms with Gasteiger partial charge in [0.2, 0.25) is 0 Å². The minimum absolute atomic E-state index is 0.182. The Morgan fingerprint density at radius 1 is 1.00 bits per heavy atom. The zero-order valence-electron chi connectivity index (χ0n) is 10.3. The average molecular weight is 258 g/mol. The molecular weight excluding hydrogens is 243 g/mol. The van der Waals surface area contributed by atoms with Crippen molar-refractivity contribution in [3.8, 4) is 0 Å². The summed E-state index contributed by atoms with van der Waals surface area (Å²) in [7, 11) is 0. The number of hydrogen-bond donors (Lipinski definition) is 0. The van der Waals surface area contributed by atoms with Crippen molar-refractivity contribution >= 4 is 17.8 Å². The fourth-order valence-corrected chi connectivity index (χ4v) is 2.26. The molecule has 0 saturated carbocycles. The topological polar surface area (TPSA) is 0 Å². The maximum Gasteiger partial charge on any atom is 0.123 e. The predicted molar refractivity (Wildman–Crippen MR) is 77.9 cm³/mol. The van der Waals surface area contributed by atoms with Gasteiger partial charge in [-0.15, -0.1) is 11.8 Å². The number of thioether (sulfide) groups is 1. The normalized spacial score (nSPS) is 11.0. The zero-order valence-corrected chi connectivity index (χ0v) is 11.1. The van der Waals surface area contributed by atoms with Gasteiger partial charge in [-0.2, -0.15) is 0 Å². The van der Waals surface area contributed by atoms with Crippen molar-refractivity contribution in [2.24, 2.45) is 0 Å². The summed E-state index contributed by atoms with van der Waals surface area (Å²) in [4.78, 5) is 0. The fourth-order valence-electron chi connectivity index (χ4n) is 1.53. The molecule has 0 spiro atoms. The van der Waals surface area contributed by atoms with Gasteiger partial charge >= 0.3 is 0 Å². The molecule has 0 saturated heterocycles. The summed E-state index contributed by atoms with van der Waals surface area (Å²) in [5.74, 6) is 0.682. The molecule has 18 heavy (non-hydrogen) atoms. The minimum atomic E-state index is -0.182. The molecule has 92 valence electrons. The molecule has 0 aliphatic carbocycles. The lowest BCUT2D eigenvalue weighted by molar-refractivity contribution is 0.627. The van der Waals surface area contributed by atoms with Gasteiger partial charge in [-0.05, 0) is 41.7 Å². The monoisotopic (exact) mass is 258 g/mol. The first-order chi connectivity index (χ1) is 8.74. The second-order valence-electron chi connectivity index (χ2n) is 4.15. The van der Waals surface area contributed by atoms with Crippen LogP contribution in [0.1, 0.15) is 16.7 Å². The predicted octanol–water partition coefficient (Wildman–Crippen LogP) is 5.04. The van der Waals surface area contributed by atoms with E-state index in [0.717, 1.165) is 11.3 Å². The van der Waals surface area contributed by atoms with Crippen LogP contribution < -0.4 is 0 Å². The van der Waals surface area contributed by atoms with Crippen LogP contribution in [0.5, 0.6) is 0 Å². The third-order valence-electron chi connectivity index (χ3n) is 2.60. The highest BCUT2D eigenvalue weighted by molar-refractivity contribution is 8.01. The zero-order chi connectivity index (χ0) is 12.8. The van der Waals surface area contributed by atoms with E-state index in [4.69, 9.17) is 0 Å². The van der Waals surface area contributed by atoms with Crippen LogP contribution in [-0.2, 0) is 5.75 Å². The van der Waals surface area contributed by atoms with Gasteiger partial charge in [-0.1, -0.05) is 42.0 Å². The summed E-state index contributed by atoms with van der Waals surface area (Å²) in [6.07, 6.45) is 2.09. The third kappa shape index (κ3) is 4.04. The van der Waals surface area contributed by atoms with E-state index in [0.29, 0.717) is 0 Å². The van der Waals surface area contributed by atoms with Gasteiger partial charge in [0, 0.05) is 5.75 Å². The fraction of sp³-hybridized carbons (Fsp3) is 0.125. The Morgan fingerprint density at radius 2 is 1.67 bits per heavy atom. The Labute approximate surface area is 112 Å². The average Bonchev–Trinajstić information content (AvgIpc) is 2.39. The second-order valence-corrected chi connectivity index (χ2v) is 5.05. The van der Waals surface area contributed by atoms with Crippen LogP contribution in [0, 0.1) is 12.7 Å². The van der Waals surface area contributed by atoms with Gasteiger partial charge in [0.05, 0.1) is 0 Å². The molecule has 0 aromatic heterocycles. The van der Waals surface area contributed by atoms with Gasteiger partial charge < -0.3 is 0 Å². The first-order valence-corrected chi connectivity index (χ1v) is 6.88. The molecule has 0 amide bonds. The van der Waals surface area contributed by atoms with E-state index in [2.05, 4.69) is 42.7 Å². The van der Waals surface area contributed by atoms with Crippen molar-refractivity contribution in [2.75, 3.05) is 0 Å². The molecule has 0 aliphatic rings. The number of hydrogen-bond acceptors (Lipinski definition) is 1. The molecule has 0 radical (unpaired) electrons. The van der Waals surface area contributed by atoms with Crippen LogP contribution >= 0.6 is 11.8 Å². The summed E-state index contributed by atoms with van der Waals surface area (Å²) >= 11 is 1.71. The molecule has 0 N–H and O–H groups in total. The molecule has 0 unspecified atom stereocenters. The molecule has 2 aromatic rings. The van der Waals surface area contributed by atoms with Crippen molar-refractivity contribution in [1.82, 2.24) is 0 Å². The maximum atomic E-state index is 12.7. The van der Waals surface area contributed by atoms with Crippen LogP contribution in [0.15, 0.2) is 53.9 Å². The lowest BCUT2D eigenvalue weighted by atomic mass is 10.2. The highest BCUT2D eigenvalue weighted by Crippen LogP contribution is 2.15. The molecular formula is C16H15FS. The van der Waals surface area contributed by atoms with E-state index in [1.807, 2.05) is 12.1 Å². The van der Waals surface area contributed by atoms with Crippen molar-refractivity contribution in [3.63, 3.8) is 0 Å². The first-order valence-electron chi connectivity index (χ1n) is 5.83. The van der Waals surface area contributed by atoms with Crippen LogP contribution in [0.2, 0.25) is 0 Å². The summed E-state index contributed by atoms with van der Waals surface area (Å²) < 4.78 is 12.7. The Morgan fingerprint density at radius 3 is 2.33 bits per heavy atom. The molecule has 2 aromatic carbocycles. The van der Waals surface area contributed by atoms with Gasteiger partial charge in [-0.25, -0.2) is 4.39 Å². The summed E-state index contributed by atoms with van der Waals surface area (Å²) in [5.41, 5.74) is 3.60. The Balaban J connectivity index is 1.84. The van der Waals surface area contributed by atoms with Gasteiger partial charge in [0.25, 0.3) is 0 Å². The van der Waals surface area contributed by atoms with Crippen LogP contribution in [0.3, 0.4) is 0 Å². The molecule has 2 rings (SSSR count). The Hall–Kier alpha value is -1.54. The summed E-state index contributed by atoms with van der Waals surface area (Å²) in [6, 6.07) is 15.0. The molecule has 2 heteroatoms. The second kappa shape index (κ2) is 6.41. The molecule has 0 heterocycles. The highest BCUT2D eigenvalue weighted by atomic mass is 32.2. The molecule has 0 bridgehead atoms. The summed E-state index contributed by atoms with van der Waals surface area (Å²) in [6.45, 7) is 2.08. The quantitative estimate of drug-likeness (QED) is 0.740. The van der Waals surface area contributed by atoms with E-state index in [1.165, 1.54) is 23.3 Å². The van der Waals surface area contributed by atoms with Crippen LogP contribution in [-0.4, -0.2) is 0 Å². The SMILES string of the molecule is Cc1ccc(/C=C\SCc2ccc(F)cc2)cc1. The van der Waals surface area contributed by atoms with E-state index < -0.39 is 0 Å². The van der Waals surface area contributed by atoms with Gasteiger partial charge in [0.1, 0.15) is 5.82 Å². The largest absolute Gasteiger partial charge is 0.207 e. The van der Waals surface area contributed by atoms with Gasteiger partial charge in [-0.3, -0.25) is 0 Å². The van der Waals surface area contributed by atoms with Crippen molar-refractivity contribution in [1.29, 1.82) is 0 Å². The Kier molecular flexibility index (Phi) is 4.59. The number of rotatable bonds is 4. The van der Waals surface area contributed by atoms with Crippen molar-refractivity contribution < 1.29 is 4.39 Å². The third-order valence-corrected chi connectivity index (χ3v) is 3.43. The van der Waals surface area contributed by atoms with E-state index in [1.54, 1.807) is 11.8 Å². The molecule has 0 fully saturated rings. The lowest BCUT2D eigenvalue weighted by Gasteiger charge is -1.98. The van der Waals surface area contributed by atoms with E-state index in [9.17, 15) is 4.39 Å². The number of halogens is 1. The lowest BCUT2D eigenvalue weighted by Crippen LogP contribution is -1.79. The number of aryl methyl sites for hydroxylation is 1. The first kappa shape index (κ1) is 12.9. The van der Waals surface area contributed by atoms with E-state index in [-0.39, 0.29) is 5.82 Å². The maximum absolute atomic E-state index is 12.7. The minimum Gasteiger partial charge on any atom is -0.207 e. The van der Waals surface area contributed by atoms with E-state index >= 15 is 0 Å². The highest BCUT2D eigenvalue weighted by Gasteiger charge is 1.92. The van der Waals surface area contributed by atoms with Crippen LogP contribution in [0.4, 0.5) is 4.39 Å². The standard InChI is InChI=1S/C16H15FS/c1-13-2-4-14(5-3-13)10-11-18-12-15-6-8-16(17)9-7-15/h2-11H,12H2,1H3/b11-10-. The molecule has 0 aliphatic heterocycles. The molecule has 0 atom stereocenters. The van der Waals surface area contributed by atoms with Gasteiger partial charge in [0.15, 0.2) is 0 Å². The van der Waals surface area contributed by atoms with Crippen molar-refractivity contribution in [2.45, 2.75) is 12.7 Å². The number of benzene rings is 2. The molecule has 0 nitrogen and oxygen atoms in total. The van der Waals surface area contributed by atoms with Crippen LogP contribution in [0.25, 0.3) is 6.08 Å². The summed E-state index contributed by atoms with van der Waals surface area (Å²) in [5, 5.41) is 2.08. The van der Waals surface area contributed by atoms with Crippen molar-refractivity contribution in [3.05, 3.63) is 76.4 Å².